The van der Waals surface area contributed by atoms with Crippen LogP contribution in [0.1, 0.15) is 0 Å². The van der Waals surface area contributed by atoms with E-state index in [2.05, 4.69) is 9.05 Å². The lowest BCUT2D eigenvalue weighted by molar-refractivity contribution is -0.279. The number of hydrogen-bond donors (Lipinski definition) is 0. The number of hydrogen-bond acceptors (Lipinski definition) is 3. The molecule has 0 radical (unpaired) electrons. The largest absolute Gasteiger partial charge is 0.529 e. The van der Waals surface area contributed by atoms with Crippen molar-refractivity contribution in [3.8, 4) is 0 Å². The van der Waals surface area contributed by atoms with Crippen LogP contribution < -0.4 is 0 Å². The number of halogens is 6. The van der Waals surface area contributed by atoms with Gasteiger partial charge in [-0.1, -0.05) is 0 Å². The van der Waals surface area contributed by atoms with Crippen molar-refractivity contribution in [3.63, 3.8) is 0 Å². The van der Waals surface area contributed by atoms with Gasteiger partial charge in [-0.25, -0.2) is 4.52 Å². The van der Waals surface area contributed by atoms with Gasteiger partial charge in [-0.2, -0.15) is 13.2 Å². The summed E-state index contributed by atoms with van der Waals surface area (Å²) >= 11 is 0. The second-order valence-corrected chi connectivity index (χ2v) is 9.70. The van der Waals surface area contributed by atoms with Gasteiger partial charge in [0, 0.05) is 0 Å². The summed E-state index contributed by atoms with van der Waals surface area (Å²) in [5.74, 6) is 0. The van der Waals surface area contributed by atoms with Gasteiger partial charge in [-0.15, -0.1) is 13.2 Å². The highest BCUT2D eigenvalue weighted by atomic mass is 31.2. The highest BCUT2D eigenvalue weighted by Crippen LogP contribution is 2.48. The Kier molecular flexibility index (Phi) is 5.87. The summed E-state index contributed by atoms with van der Waals surface area (Å²) < 4.78 is 83.0. The third-order valence-electron chi connectivity index (χ3n) is 0.860. The van der Waals surface area contributed by atoms with Crippen molar-refractivity contribution in [1.29, 1.82) is 0 Å². The van der Waals surface area contributed by atoms with Crippen LogP contribution in [0.3, 0.4) is 0 Å². The van der Waals surface area contributed by atoms with Gasteiger partial charge >= 0.3 is 21.1 Å². The maximum Gasteiger partial charge on any atom is 0.529 e. The van der Waals surface area contributed by atoms with Crippen LogP contribution in [0.4, 0.5) is 26.3 Å². The molecule has 1 atom stereocenters. The molecular weight excluding hydrogens is 293 g/mol. The van der Waals surface area contributed by atoms with Gasteiger partial charge in [0.05, 0.1) is 0 Å². The lowest BCUT2D eigenvalue weighted by Crippen LogP contribution is -2.26. The highest BCUT2D eigenvalue weighted by Gasteiger charge is 2.40. The number of rotatable bonds is 5. The maximum atomic E-state index is 11.9. The molecule has 0 aromatic heterocycles. The van der Waals surface area contributed by atoms with Crippen molar-refractivity contribution in [2.45, 2.75) is 32.2 Å². The number of alkyl halides is 6. The van der Waals surface area contributed by atoms with Gasteiger partial charge in [-0.3, -0.25) is 0 Å². The zero-order valence-corrected chi connectivity index (χ0v) is 11.0. The molecule has 0 aliphatic heterocycles. The van der Waals surface area contributed by atoms with Crippen molar-refractivity contribution >= 4 is 16.9 Å². The molecule has 0 rings (SSSR count). The third-order valence-corrected chi connectivity index (χ3v) is 4.34. The molecule has 0 N–H and O–H groups in total. The van der Waals surface area contributed by atoms with Crippen molar-refractivity contribution in [2.24, 2.45) is 0 Å². The van der Waals surface area contributed by atoms with Gasteiger partial charge < -0.3 is 8.74 Å². The highest BCUT2D eigenvalue weighted by molar-refractivity contribution is 7.43. The predicted molar refractivity (Wildman–Crippen MR) is 50.5 cm³/mol. The Morgan fingerprint density at radius 3 is 1.76 bits per heavy atom. The lowest BCUT2D eigenvalue weighted by Gasteiger charge is -2.25. The summed E-state index contributed by atoms with van der Waals surface area (Å²) in [4.78, 5) is 0. The Morgan fingerprint density at radius 1 is 1.00 bits per heavy atom. The van der Waals surface area contributed by atoms with Crippen molar-refractivity contribution in [2.75, 3.05) is 6.61 Å². The minimum atomic E-state index is -5.10. The molecule has 1 unspecified atom stereocenters. The van der Waals surface area contributed by atoms with E-state index in [0.29, 0.717) is 0 Å². The zero-order chi connectivity index (χ0) is 13.9. The normalized spacial score (nSPS) is 16.1. The molecule has 0 bridgehead atoms. The fourth-order valence-electron chi connectivity index (χ4n) is 0.505. The van der Waals surface area contributed by atoms with E-state index in [-0.39, 0.29) is 0 Å². The smallest absolute Gasteiger partial charge is 0.354 e. The minimum absolute atomic E-state index is 1.50. The van der Waals surface area contributed by atoms with E-state index in [4.69, 9.17) is 4.21 Å². The quantitative estimate of drug-likeness (QED) is 0.433. The van der Waals surface area contributed by atoms with Crippen LogP contribution in [-0.4, -0.2) is 27.5 Å². The van der Waals surface area contributed by atoms with Crippen LogP contribution in [0.15, 0.2) is 0 Å². The molecule has 0 aliphatic rings. The van der Waals surface area contributed by atoms with E-state index >= 15 is 0 Å². The topological polar surface area (TPSA) is 27.7 Å². The van der Waals surface area contributed by atoms with Crippen LogP contribution in [-0.2, 0) is 13.3 Å². The van der Waals surface area contributed by atoms with Crippen molar-refractivity contribution in [1.82, 2.24) is 0 Å². The second-order valence-electron chi connectivity index (χ2n) is 3.85. The fraction of sp³-hybridized carbons (Fsp3) is 1.00. The van der Waals surface area contributed by atoms with E-state index < -0.39 is 36.1 Å². The monoisotopic (exact) mass is 304 g/mol. The standard InChI is InChI=1S/C6H11F6O3PSi/c1-17(2,3)15-16(14-6(10,11)12)13-4-5(7,8)9/h4H2,1-3H3. The first kappa shape index (κ1) is 17.1. The van der Waals surface area contributed by atoms with Gasteiger partial charge in [0.25, 0.3) is 0 Å². The van der Waals surface area contributed by atoms with Crippen LogP contribution in [0.25, 0.3) is 0 Å². The second kappa shape index (κ2) is 5.83. The Hall–Kier alpha value is 0.107. The van der Waals surface area contributed by atoms with E-state index in [9.17, 15) is 26.3 Å². The van der Waals surface area contributed by atoms with E-state index in [1.54, 1.807) is 0 Å². The first-order valence-corrected chi connectivity index (χ1v) is 8.74. The molecule has 0 amide bonds. The minimum Gasteiger partial charge on any atom is -0.354 e. The Bertz CT molecular complexity index is 221. The van der Waals surface area contributed by atoms with Gasteiger partial charge in [0.15, 0.2) is 14.9 Å². The van der Waals surface area contributed by atoms with Crippen LogP contribution >= 0.6 is 8.60 Å². The van der Waals surface area contributed by atoms with Crippen LogP contribution in [0.5, 0.6) is 0 Å². The average molecular weight is 304 g/mol. The maximum absolute atomic E-state index is 11.9. The Labute approximate surface area is 96.2 Å². The molecule has 0 saturated carbocycles. The molecular formula is C6H11F6O3PSi. The van der Waals surface area contributed by atoms with Gasteiger partial charge in [0.2, 0.25) is 0 Å². The molecule has 104 valence electrons. The van der Waals surface area contributed by atoms with Crippen molar-refractivity contribution in [3.05, 3.63) is 0 Å². The van der Waals surface area contributed by atoms with Crippen molar-refractivity contribution < 1.29 is 39.6 Å². The van der Waals surface area contributed by atoms with Gasteiger partial charge in [-0.05, 0) is 19.6 Å². The molecule has 3 nitrogen and oxygen atoms in total. The summed E-state index contributed by atoms with van der Waals surface area (Å²) in [6.07, 6.45) is -9.84. The average Bonchev–Trinajstić information content (AvgIpc) is 1.92. The molecule has 0 aromatic carbocycles. The van der Waals surface area contributed by atoms with Crippen LogP contribution in [0.2, 0.25) is 19.6 Å². The Morgan fingerprint density at radius 2 is 1.47 bits per heavy atom. The summed E-state index contributed by atoms with van der Waals surface area (Å²) in [7, 11) is -5.59. The first-order chi connectivity index (χ1) is 7.29. The molecule has 17 heavy (non-hydrogen) atoms. The summed E-state index contributed by atoms with van der Waals surface area (Å²) in [6, 6.07) is 0. The fourth-order valence-corrected chi connectivity index (χ4v) is 3.13. The zero-order valence-electron chi connectivity index (χ0n) is 9.15. The summed E-state index contributed by atoms with van der Waals surface area (Å²) in [6.45, 7) is 2.65. The van der Waals surface area contributed by atoms with Gasteiger partial charge in [0.1, 0.15) is 0 Å². The van der Waals surface area contributed by atoms with E-state index in [1.165, 1.54) is 19.6 Å². The Balaban J connectivity index is 4.42. The predicted octanol–water partition coefficient (Wildman–Crippen LogP) is 4.18. The molecule has 0 saturated heterocycles. The van der Waals surface area contributed by atoms with E-state index in [1.807, 2.05) is 0 Å². The molecule has 11 heteroatoms. The molecule has 0 aliphatic carbocycles. The molecule has 0 aromatic rings. The first-order valence-electron chi connectivity index (χ1n) is 4.23. The third kappa shape index (κ3) is 12.4. The summed E-state index contributed by atoms with van der Waals surface area (Å²) in [5.41, 5.74) is 0. The molecule has 0 heterocycles. The lowest BCUT2D eigenvalue weighted by atomic mass is 10.7. The SMILES string of the molecule is C[Si](C)(C)OP(OCC(F)(F)F)OC(F)(F)F. The van der Waals surface area contributed by atoms with Crippen LogP contribution in [0, 0.1) is 0 Å². The summed E-state index contributed by atoms with van der Waals surface area (Å²) in [5, 5.41) is 0. The molecule has 0 spiro atoms. The van der Waals surface area contributed by atoms with E-state index in [0.717, 1.165) is 0 Å². The molecule has 0 fully saturated rings.